The van der Waals surface area contributed by atoms with Crippen LogP contribution in [0.25, 0.3) is 12.2 Å². The summed E-state index contributed by atoms with van der Waals surface area (Å²) in [5, 5.41) is 0. The van der Waals surface area contributed by atoms with Gasteiger partial charge in [0.2, 0.25) is 0 Å². The summed E-state index contributed by atoms with van der Waals surface area (Å²) >= 11 is 1.24. The van der Waals surface area contributed by atoms with Gasteiger partial charge in [0, 0.05) is 29.4 Å². The van der Waals surface area contributed by atoms with Gasteiger partial charge in [0.25, 0.3) is 5.56 Å². The number of H-pyrrole nitrogens is 1. The van der Waals surface area contributed by atoms with E-state index >= 15 is 0 Å². The summed E-state index contributed by atoms with van der Waals surface area (Å²) in [7, 11) is 1.58. The van der Waals surface area contributed by atoms with Gasteiger partial charge in [0.05, 0.1) is 16.3 Å². The molecule has 0 unspecified atom stereocenters. The van der Waals surface area contributed by atoms with Crippen molar-refractivity contribution in [2.24, 2.45) is 5.41 Å². The van der Waals surface area contributed by atoms with Gasteiger partial charge in [0.1, 0.15) is 6.61 Å². The van der Waals surface area contributed by atoms with Gasteiger partial charge in [-0.05, 0) is 29.8 Å². The molecule has 3 aromatic rings. The second-order valence-corrected chi connectivity index (χ2v) is 8.83. The molecule has 2 heterocycles. The first-order chi connectivity index (χ1) is 14.3. The third-order valence-electron chi connectivity index (χ3n) is 4.28. The Hall–Kier alpha value is -3.19. The van der Waals surface area contributed by atoms with E-state index in [1.807, 2.05) is 45.0 Å². The number of benzene rings is 1. The monoisotopic (exact) mass is 424 g/mol. The number of methoxy groups -OCH3 is 1. The smallest absolute Gasteiger partial charge is 0.266 e. The lowest BCUT2D eigenvalue weighted by Gasteiger charge is -2.12. The van der Waals surface area contributed by atoms with Gasteiger partial charge in [0.15, 0.2) is 17.3 Å². The van der Waals surface area contributed by atoms with Gasteiger partial charge < -0.3 is 14.5 Å². The van der Waals surface area contributed by atoms with Crippen LogP contribution in [0.4, 0.5) is 0 Å². The minimum Gasteiger partial charge on any atom is -0.493 e. The molecule has 156 valence electrons. The molecule has 0 radical (unpaired) electrons. The maximum Gasteiger partial charge on any atom is 0.266 e. The molecule has 2 aromatic heterocycles. The minimum atomic E-state index is -0.499. The van der Waals surface area contributed by atoms with E-state index in [0.717, 1.165) is 11.1 Å². The first-order valence-corrected chi connectivity index (χ1v) is 10.2. The van der Waals surface area contributed by atoms with Crippen LogP contribution >= 0.6 is 11.3 Å². The van der Waals surface area contributed by atoms with Gasteiger partial charge in [-0.3, -0.25) is 14.6 Å². The second-order valence-electron chi connectivity index (χ2n) is 7.75. The normalized spacial score (nSPS) is 12.8. The first kappa shape index (κ1) is 21.5. The minimum absolute atomic E-state index is 0.0397. The van der Waals surface area contributed by atoms with Gasteiger partial charge in [-0.15, -0.1) is 11.3 Å². The molecule has 0 bridgehead atoms. The predicted molar refractivity (Wildman–Crippen MR) is 118 cm³/mol. The molecule has 1 N–H and O–H groups in total. The lowest BCUT2D eigenvalue weighted by molar-refractivity contribution is -0.119. The highest BCUT2D eigenvalue weighted by Gasteiger charge is 2.18. The van der Waals surface area contributed by atoms with E-state index in [4.69, 9.17) is 9.47 Å². The van der Waals surface area contributed by atoms with E-state index in [0.29, 0.717) is 27.3 Å². The average Bonchev–Trinajstić information content (AvgIpc) is 3.05. The first-order valence-electron chi connectivity index (χ1n) is 9.43. The fourth-order valence-electron chi connectivity index (χ4n) is 2.55. The molecule has 0 saturated heterocycles. The van der Waals surface area contributed by atoms with Gasteiger partial charge >= 0.3 is 0 Å². The van der Waals surface area contributed by atoms with E-state index in [-0.39, 0.29) is 11.3 Å². The van der Waals surface area contributed by atoms with Crippen molar-refractivity contribution in [1.29, 1.82) is 0 Å². The lowest BCUT2D eigenvalue weighted by atomic mass is 9.91. The van der Waals surface area contributed by atoms with Crippen molar-refractivity contribution in [2.45, 2.75) is 27.4 Å². The topological polar surface area (TPSA) is 81.3 Å². The Kier molecular flexibility index (Phi) is 6.52. The average molecular weight is 425 g/mol. The summed E-state index contributed by atoms with van der Waals surface area (Å²) in [5.74, 6) is 1.13. The predicted octanol–water partition coefficient (Wildman–Crippen LogP) is 2.64. The molecule has 3 rings (SSSR count). The van der Waals surface area contributed by atoms with Gasteiger partial charge in [-0.2, -0.15) is 0 Å². The molecule has 6 nitrogen and oxygen atoms in total. The van der Waals surface area contributed by atoms with E-state index in [1.165, 1.54) is 17.4 Å². The molecule has 1 aromatic carbocycles. The highest BCUT2D eigenvalue weighted by Crippen LogP contribution is 2.29. The zero-order valence-corrected chi connectivity index (χ0v) is 18.2. The summed E-state index contributed by atoms with van der Waals surface area (Å²) < 4.78 is 12.3. The maximum absolute atomic E-state index is 12.3. The lowest BCUT2D eigenvalue weighted by Crippen LogP contribution is -2.22. The van der Waals surface area contributed by atoms with Crippen LogP contribution in [0.5, 0.6) is 11.5 Å². The number of Topliss-reactive ketones (excluding diaryl/α,β-unsaturated/α-hetero) is 1. The molecule has 0 spiro atoms. The van der Waals surface area contributed by atoms with Gasteiger partial charge in [-0.1, -0.05) is 32.9 Å². The molecular weight excluding hydrogens is 400 g/mol. The summed E-state index contributed by atoms with van der Waals surface area (Å²) in [5.41, 5.74) is 0.994. The van der Waals surface area contributed by atoms with Crippen molar-refractivity contribution >= 4 is 29.3 Å². The number of aromatic amines is 1. The number of hydrogen-bond acceptors (Lipinski definition) is 6. The Labute approximate surface area is 178 Å². The zero-order valence-electron chi connectivity index (χ0n) is 17.4. The van der Waals surface area contributed by atoms with E-state index in [2.05, 4.69) is 9.97 Å². The quantitative estimate of drug-likeness (QED) is 0.658. The molecule has 0 amide bonds. The zero-order chi connectivity index (χ0) is 21.7. The van der Waals surface area contributed by atoms with Gasteiger partial charge in [-0.25, -0.2) is 0 Å². The number of carbonyl (C=O) groups excluding carboxylic acids is 1. The summed E-state index contributed by atoms with van der Waals surface area (Å²) in [6.07, 6.45) is 6.70. The van der Waals surface area contributed by atoms with E-state index in [1.54, 1.807) is 31.6 Å². The molecule has 0 aliphatic rings. The van der Waals surface area contributed by atoms with Crippen LogP contribution in [0, 0.1) is 5.41 Å². The molecule has 30 heavy (non-hydrogen) atoms. The molecule has 0 saturated carbocycles. The molecule has 0 aliphatic carbocycles. The highest BCUT2D eigenvalue weighted by molar-refractivity contribution is 7.07. The van der Waals surface area contributed by atoms with Crippen molar-refractivity contribution < 1.29 is 14.3 Å². The van der Waals surface area contributed by atoms with Crippen LogP contribution in [-0.4, -0.2) is 22.9 Å². The number of nitrogens with zero attached hydrogens (tertiary/aromatic N) is 1. The number of pyridine rings is 1. The van der Waals surface area contributed by atoms with Crippen LogP contribution in [0.15, 0.2) is 47.5 Å². The van der Waals surface area contributed by atoms with Crippen LogP contribution in [0.2, 0.25) is 0 Å². The number of rotatable bonds is 6. The number of hydrogen-bond donors (Lipinski definition) is 1. The Balaban J connectivity index is 1.91. The number of carbonyl (C=O) groups is 1. The SMILES string of the molecule is COc1ccc(/C=c2\s/c(=C\C(=O)C(C)(C)C)[nH]c2=O)cc1OCc1cccnc1. The van der Waals surface area contributed by atoms with Crippen LogP contribution in [0.1, 0.15) is 31.9 Å². The second kappa shape index (κ2) is 9.09. The summed E-state index contributed by atoms with van der Waals surface area (Å²) in [4.78, 5) is 31.3. The standard InChI is InChI=1S/C23H24N2O4S/c1-23(2,3)20(26)12-21-25-22(27)19(30-21)11-15-7-8-17(28-4)18(10-15)29-14-16-6-5-9-24-13-16/h5-13H,14H2,1-4H3,(H,25,27)/b19-11-,21-12-. The fourth-order valence-corrected chi connectivity index (χ4v) is 3.44. The van der Waals surface area contributed by atoms with Crippen molar-refractivity contribution in [1.82, 2.24) is 9.97 Å². The Morgan fingerprint density at radius 2 is 2.03 bits per heavy atom. The number of thiazole rings is 1. The number of nitrogens with one attached hydrogen (secondary N) is 1. The maximum atomic E-state index is 12.3. The van der Waals surface area contributed by atoms with Crippen molar-refractivity contribution in [2.75, 3.05) is 7.11 Å². The largest absolute Gasteiger partial charge is 0.493 e. The third kappa shape index (κ3) is 5.45. The number of ether oxygens (including phenoxy) is 2. The molecule has 0 aliphatic heterocycles. The van der Waals surface area contributed by atoms with E-state index < -0.39 is 5.41 Å². The van der Waals surface area contributed by atoms with Crippen molar-refractivity contribution in [3.63, 3.8) is 0 Å². The Morgan fingerprint density at radius 3 is 2.70 bits per heavy atom. The van der Waals surface area contributed by atoms with Crippen molar-refractivity contribution in [3.8, 4) is 11.5 Å². The highest BCUT2D eigenvalue weighted by atomic mass is 32.1. The fraction of sp³-hybridized carbons (Fsp3) is 0.261. The molecule has 0 fully saturated rings. The third-order valence-corrected chi connectivity index (χ3v) is 5.25. The number of aromatic nitrogens is 2. The molecular formula is C23H24N2O4S. The molecule has 7 heteroatoms. The van der Waals surface area contributed by atoms with Crippen LogP contribution in [-0.2, 0) is 11.4 Å². The Morgan fingerprint density at radius 1 is 1.23 bits per heavy atom. The van der Waals surface area contributed by atoms with Crippen LogP contribution in [0.3, 0.4) is 0 Å². The van der Waals surface area contributed by atoms with Crippen molar-refractivity contribution in [3.05, 3.63) is 73.4 Å². The number of ketones is 1. The molecule has 0 atom stereocenters. The summed E-state index contributed by atoms with van der Waals surface area (Å²) in [6.45, 7) is 5.88. The summed E-state index contributed by atoms with van der Waals surface area (Å²) in [6, 6.07) is 9.23. The van der Waals surface area contributed by atoms with Crippen LogP contribution < -0.4 is 24.2 Å². The Bertz CT molecular complexity index is 1200. The van der Waals surface area contributed by atoms with E-state index in [9.17, 15) is 9.59 Å².